The van der Waals surface area contributed by atoms with Crippen molar-refractivity contribution in [2.45, 2.75) is 38.4 Å². The molecule has 0 aliphatic carbocycles. The van der Waals surface area contributed by atoms with E-state index in [-0.39, 0.29) is 18.6 Å². The fourth-order valence-electron chi connectivity index (χ4n) is 1.23. The van der Waals surface area contributed by atoms with Gasteiger partial charge in [-0.25, -0.2) is 0 Å². The minimum atomic E-state index is -0.867. The van der Waals surface area contributed by atoms with Crippen LogP contribution in [0.5, 0.6) is 0 Å². The molecule has 1 atom stereocenters. The van der Waals surface area contributed by atoms with Crippen molar-refractivity contribution in [1.82, 2.24) is 5.32 Å². The summed E-state index contributed by atoms with van der Waals surface area (Å²) in [6, 6.07) is 0. The highest BCUT2D eigenvalue weighted by atomic mass is 16.5. The molecule has 1 heterocycles. The summed E-state index contributed by atoms with van der Waals surface area (Å²) < 4.78 is 5.28. The Morgan fingerprint density at radius 2 is 2.43 bits per heavy atom. The van der Waals surface area contributed by atoms with Crippen molar-refractivity contribution >= 4 is 5.91 Å². The van der Waals surface area contributed by atoms with Gasteiger partial charge in [-0.1, -0.05) is 0 Å². The normalized spacial score (nSPS) is 23.2. The molecular formula is C10H18NO3. The number of hydrogen-bond donors (Lipinski definition) is 2. The first kappa shape index (κ1) is 11.5. The zero-order chi connectivity index (χ0) is 10.6. The Kier molecular flexibility index (Phi) is 3.89. The van der Waals surface area contributed by atoms with Crippen LogP contribution in [0.4, 0.5) is 0 Å². The van der Waals surface area contributed by atoms with Crippen molar-refractivity contribution in [1.29, 1.82) is 0 Å². The van der Waals surface area contributed by atoms with E-state index in [1.165, 1.54) is 0 Å². The van der Waals surface area contributed by atoms with Gasteiger partial charge in [0.25, 0.3) is 0 Å². The van der Waals surface area contributed by atoms with Crippen molar-refractivity contribution in [3.8, 4) is 0 Å². The molecule has 4 nitrogen and oxygen atoms in total. The van der Waals surface area contributed by atoms with Gasteiger partial charge in [-0.15, -0.1) is 0 Å². The summed E-state index contributed by atoms with van der Waals surface area (Å²) in [6.45, 7) is 4.18. The lowest BCUT2D eigenvalue weighted by Gasteiger charge is -2.24. The SMILES string of the molecule is CC(C)(O)CNC(=O)C1C[CH]CCO1. The summed E-state index contributed by atoms with van der Waals surface area (Å²) >= 11 is 0. The molecule has 0 aromatic heterocycles. The molecule has 4 heteroatoms. The summed E-state index contributed by atoms with van der Waals surface area (Å²) in [7, 11) is 0. The number of aliphatic hydroxyl groups is 1. The molecule has 1 aliphatic heterocycles. The predicted octanol–water partition coefficient (Wildman–Crippen LogP) is 0.257. The van der Waals surface area contributed by atoms with E-state index in [0.717, 1.165) is 6.42 Å². The maximum absolute atomic E-state index is 11.5. The highest BCUT2D eigenvalue weighted by Crippen LogP contribution is 2.11. The van der Waals surface area contributed by atoms with Crippen LogP contribution in [-0.4, -0.2) is 35.9 Å². The molecule has 1 unspecified atom stereocenters. The first-order valence-corrected chi connectivity index (χ1v) is 4.92. The monoisotopic (exact) mass is 200 g/mol. The Bertz CT molecular complexity index is 192. The van der Waals surface area contributed by atoms with Gasteiger partial charge >= 0.3 is 0 Å². The topological polar surface area (TPSA) is 58.6 Å². The first-order valence-electron chi connectivity index (χ1n) is 4.92. The van der Waals surface area contributed by atoms with Crippen LogP contribution in [0.25, 0.3) is 0 Å². The Balaban J connectivity index is 2.27. The predicted molar refractivity (Wildman–Crippen MR) is 52.6 cm³/mol. The number of hydrogen-bond acceptors (Lipinski definition) is 3. The summed E-state index contributed by atoms with van der Waals surface area (Å²) in [5, 5.41) is 12.1. The molecule has 1 saturated heterocycles. The van der Waals surface area contributed by atoms with Crippen LogP contribution in [0.15, 0.2) is 0 Å². The molecule has 0 saturated carbocycles. The Hall–Kier alpha value is -0.610. The number of rotatable bonds is 3. The van der Waals surface area contributed by atoms with Gasteiger partial charge < -0.3 is 15.2 Å². The van der Waals surface area contributed by atoms with E-state index in [4.69, 9.17) is 4.74 Å². The molecule has 81 valence electrons. The molecule has 14 heavy (non-hydrogen) atoms. The minimum Gasteiger partial charge on any atom is -0.389 e. The van der Waals surface area contributed by atoms with E-state index in [2.05, 4.69) is 11.7 Å². The quantitative estimate of drug-likeness (QED) is 0.687. The van der Waals surface area contributed by atoms with Crippen LogP contribution in [-0.2, 0) is 9.53 Å². The van der Waals surface area contributed by atoms with Gasteiger partial charge in [0.15, 0.2) is 0 Å². The van der Waals surface area contributed by atoms with Crippen LogP contribution in [0.3, 0.4) is 0 Å². The second kappa shape index (κ2) is 4.75. The zero-order valence-corrected chi connectivity index (χ0v) is 8.75. The minimum absolute atomic E-state index is 0.136. The molecule has 0 aromatic rings. The van der Waals surface area contributed by atoms with Gasteiger partial charge in [0.05, 0.1) is 5.60 Å². The van der Waals surface area contributed by atoms with E-state index >= 15 is 0 Å². The molecule has 1 rings (SSSR count). The Labute approximate surface area is 84.6 Å². The fraction of sp³-hybridized carbons (Fsp3) is 0.800. The lowest BCUT2D eigenvalue weighted by Crippen LogP contribution is -2.44. The van der Waals surface area contributed by atoms with Crippen LogP contribution in [0, 0.1) is 6.42 Å². The number of carbonyl (C=O) groups is 1. The highest BCUT2D eigenvalue weighted by molar-refractivity contribution is 5.81. The van der Waals surface area contributed by atoms with Gasteiger partial charge in [0, 0.05) is 13.2 Å². The van der Waals surface area contributed by atoms with Gasteiger partial charge in [-0.2, -0.15) is 0 Å². The third-order valence-electron chi connectivity index (χ3n) is 2.01. The van der Waals surface area contributed by atoms with Crippen molar-refractivity contribution in [2.75, 3.05) is 13.2 Å². The van der Waals surface area contributed by atoms with Crippen LogP contribution in [0.2, 0.25) is 0 Å². The zero-order valence-electron chi connectivity index (χ0n) is 8.75. The maximum Gasteiger partial charge on any atom is 0.249 e. The van der Waals surface area contributed by atoms with Crippen LogP contribution in [0.1, 0.15) is 26.7 Å². The molecular weight excluding hydrogens is 182 g/mol. The number of ether oxygens (including phenoxy) is 1. The fourth-order valence-corrected chi connectivity index (χ4v) is 1.23. The largest absolute Gasteiger partial charge is 0.389 e. The van der Waals surface area contributed by atoms with Gasteiger partial charge in [0.1, 0.15) is 6.10 Å². The van der Waals surface area contributed by atoms with Gasteiger partial charge in [-0.05, 0) is 33.1 Å². The second-order valence-electron chi connectivity index (χ2n) is 4.20. The summed E-state index contributed by atoms with van der Waals surface area (Å²) in [4.78, 5) is 11.5. The van der Waals surface area contributed by atoms with E-state index < -0.39 is 5.60 Å². The molecule has 1 amide bonds. The van der Waals surface area contributed by atoms with Crippen LogP contribution >= 0.6 is 0 Å². The van der Waals surface area contributed by atoms with Crippen molar-refractivity contribution in [2.24, 2.45) is 0 Å². The lowest BCUT2D eigenvalue weighted by molar-refractivity contribution is -0.135. The van der Waals surface area contributed by atoms with Gasteiger partial charge in [0.2, 0.25) is 5.91 Å². The molecule has 1 fully saturated rings. The van der Waals surface area contributed by atoms with Crippen molar-refractivity contribution in [3.05, 3.63) is 6.42 Å². The Morgan fingerprint density at radius 1 is 1.71 bits per heavy atom. The molecule has 0 spiro atoms. The average Bonchev–Trinajstić information content (AvgIpc) is 2.14. The molecule has 1 aliphatic rings. The van der Waals surface area contributed by atoms with Gasteiger partial charge in [-0.3, -0.25) is 4.79 Å². The third-order valence-corrected chi connectivity index (χ3v) is 2.01. The van der Waals surface area contributed by atoms with E-state index in [1.807, 2.05) is 0 Å². The lowest BCUT2D eigenvalue weighted by atomic mass is 10.1. The standard InChI is InChI=1S/C10H18NO3/c1-10(2,13)7-11-9(12)8-5-3-4-6-14-8/h3,8,13H,4-7H2,1-2H3,(H,11,12). The summed E-state index contributed by atoms with van der Waals surface area (Å²) in [6.07, 6.45) is 3.26. The maximum atomic E-state index is 11.5. The summed E-state index contributed by atoms with van der Waals surface area (Å²) in [5.41, 5.74) is -0.867. The average molecular weight is 200 g/mol. The molecule has 2 N–H and O–H groups in total. The van der Waals surface area contributed by atoms with E-state index in [0.29, 0.717) is 13.0 Å². The molecule has 0 aromatic carbocycles. The third kappa shape index (κ3) is 4.07. The smallest absolute Gasteiger partial charge is 0.249 e. The second-order valence-corrected chi connectivity index (χ2v) is 4.20. The van der Waals surface area contributed by atoms with E-state index in [1.54, 1.807) is 13.8 Å². The first-order chi connectivity index (χ1) is 6.49. The summed E-state index contributed by atoms with van der Waals surface area (Å²) in [5.74, 6) is -0.136. The Morgan fingerprint density at radius 3 is 2.93 bits per heavy atom. The number of carbonyl (C=O) groups excluding carboxylic acids is 1. The van der Waals surface area contributed by atoms with Crippen LogP contribution < -0.4 is 5.32 Å². The number of nitrogens with one attached hydrogen (secondary N) is 1. The van der Waals surface area contributed by atoms with E-state index in [9.17, 15) is 9.90 Å². The molecule has 0 bridgehead atoms. The number of amides is 1. The van der Waals surface area contributed by atoms with Crippen molar-refractivity contribution in [3.63, 3.8) is 0 Å². The molecule has 1 radical (unpaired) electrons. The van der Waals surface area contributed by atoms with Crippen molar-refractivity contribution < 1.29 is 14.6 Å². The highest BCUT2D eigenvalue weighted by Gasteiger charge is 2.23.